The summed E-state index contributed by atoms with van der Waals surface area (Å²) in [7, 11) is 0. The fourth-order valence-corrected chi connectivity index (χ4v) is 2.12. The number of aromatic carboxylic acids is 1. The zero-order chi connectivity index (χ0) is 14.0. The second-order valence-corrected chi connectivity index (χ2v) is 4.88. The highest BCUT2D eigenvalue weighted by molar-refractivity contribution is 6.34. The summed E-state index contributed by atoms with van der Waals surface area (Å²) in [5.41, 5.74) is 0.935. The van der Waals surface area contributed by atoms with Gasteiger partial charge in [0.05, 0.1) is 0 Å². The number of carbonyl (C=O) groups is 1. The van der Waals surface area contributed by atoms with Crippen molar-refractivity contribution in [1.29, 1.82) is 0 Å². The average molecular weight is 297 g/mol. The van der Waals surface area contributed by atoms with E-state index in [1.165, 1.54) is 0 Å². The van der Waals surface area contributed by atoms with Crippen LogP contribution in [0.25, 0.3) is 0 Å². The lowest BCUT2D eigenvalue weighted by molar-refractivity contribution is 0.0694. The number of rotatable bonds is 3. The SMILES string of the molecule is Cc1ccc(Oc2cc(Cl)cc(Cl)c2)c(C(=O)O)c1. The summed E-state index contributed by atoms with van der Waals surface area (Å²) in [6, 6.07) is 9.63. The first-order chi connectivity index (χ1) is 8.95. The quantitative estimate of drug-likeness (QED) is 0.885. The van der Waals surface area contributed by atoms with E-state index in [0.717, 1.165) is 5.56 Å². The summed E-state index contributed by atoms with van der Waals surface area (Å²) >= 11 is 11.7. The summed E-state index contributed by atoms with van der Waals surface area (Å²) < 4.78 is 5.54. The molecule has 0 saturated heterocycles. The minimum atomic E-state index is -1.05. The fourth-order valence-electron chi connectivity index (χ4n) is 1.61. The Morgan fingerprint density at radius 2 is 1.74 bits per heavy atom. The number of hydrogen-bond donors (Lipinski definition) is 1. The number of hydrogen-bond acceptors (Lipinski definition) is 2. The van der Waals surface area contributed by atoms with Crippen LogP contribution in [0.5, 0.6) is 11.5 Å². The monoisotopic (exact) mass is 296 g/mol. The highest BCUT2D eigenvalue weighted by atomic mass is 35.5. The number of benzene rings is 2. The molecule has 0 radical (unpaired) electrons. The Kier molecular flexibility index (Phi) is 3.98. The van der Waals surface area contributed by atoms with Crippen molar-refractivity contribution in [3.63, 3.8) is 0 Å². The van der Waals surface area contributed by atoms with Gasteiger partial charge in [0.1, 0.15) is 17.1 Å². The van der Waals surface area contributed by atoms with E-state index < -0.39 is 5.97 Å². The summed E-state index contributed by atoms with van der Waals surface area (Å²) in [5, 5.41) is 9.99. The molecule has 2 rings (SSSR count). The summed E-state index contributed by atoms with van der Waals surface area (Å²) in [6.45, 7) is 1.81. The molecule has 0 saturated carbocycles. The molecular weight excluding hydrogens is 287 g/mol. The van der Waals surface area contributed by atoms with Crippen LogP contribution in [-0.4, -0.2) is 11.1 Å². The molecule has 1 N–H and O–H groups in total. The number of carboxylic acid groups (broad SMARTS) is 1. The van der Waals surface area contributed by atoms with Crippen LogP contribution in [-0.2, 0) is 0 Å². The maximum Gasteiger partial charge on any atom is 0.339 e. The van der Waals surface area contributed by atoms with E-state index in [2.05, 4.69) is 0 Å². The van der Waals surface area contributed by atoms with Crippen LogP contribution in [0.2, 0.25) is 10.0 Å². The summed E-state index contributed by atoms with van der Waals surface area (Å²) in [6.07, 6.45) is 0. The van der Waals surface area contributed by atoms with Crippen molar-refractivity contribution >= 4 is 29.2 Å². The van der Waals surface area contributed by atoms with Crippen molar-refractivity contribution in [1.82, 2.24) is 0 Å². The van der Waals surface area contributed by atoms with Crippen molar-refractivity contribution < 1.29 is 14.6 Å². The van der Waals surface area contributed by atoms with E-state index in [9.17, 15) is 4.79 Å². The van der Waals surface area contributed by atoms with Gasteiger partial charge in [-0.1, -0.05) is 34.8 Å². The molecule has 0 spiro atoms. The standard InChI is InChI=1S/C14H10Cl2O3/c1-8-2-3-13(12(4-8)14(17)18)19-11-6-9(15)5-10(16)7-11/h2-7H,1H3,(H,17,18). The predicted octanol–water partition coefficient (Wildman–Crippen LogP) is 4.79. The summed E-state index contributed by atoms with van der Waals surface area (Å²) in [5.74, 6) is -0.410. The van der Waals surface area contributed by atoms with Gasteiger partial charge in [0, 0.05) is 10.0 Å². The largest absolute Gasteiger partial charge is 0.478 e. The maximum absolute atomic E-state index is 11.2. The molecule has 5 heteroatoms. The van der Waals surface area contributed by atoms with Gasteiger partial charge in [-0.2, -0.15) is 0 Å². The molecule has 0 aliphatic heterocycles. The average Bonchev–Trinajstić information content (AvgIpc) is 2.30. The molecule has 0 amide bonds. The lowest BCUT2D eigenvalue weighted by Gasteiger charge is -2.10. The van der Waals surface area contributed by atoms with Gasteiger partial charge in [-0.3, -0.25) is 0 Å². The molecule has 0 fully saturated rings. The highest BCUT2D eigenvalue weighted by Crippen LogP contribution is 2.30. The Balaban J connectivity index is 2.40. The minimum Gasteiger partial charge on any atom is -0.478 e. The Morgan fingerprint density at radius 3 is 2.32 bits per heavy atom. The fraction of sp³-hybridized carbons (Fsp3) is 0.0714. The first-order valence-corrected chi connectivity index (χ1v) is 6.19. The Hall–Kier alpha value is -1.71. The zero-order valence-electron chi connectivity index (χ0n) is 9.98. The van der Waals surface area contributed by atoms with Gasteiger partial charge in [0.2, 0.25) is 0 Å². The molecule has 3 nitrogen and oxygen atoms in total. The van der Waals surface area contributed by atoms with Gasteiger partial charge < -0.3 is 9.84 Å². The molecule has 0 heterocycles. The zero-order valence-corrected chi connectivity index (χ0v) is 11.5. The first-order valence-electron chi connectivity index (χ1n) is 5.43. The van der Waals surface area contributed by atoms with Crippen LogP contribution < -0.4 is 4.74 Å². The van der Waals surface area contributed by atoms with Crippen molar-refractivity contribution in [3.05, 3.63) is 57.6 Å². The molecule has 19 heavy (non-hydrogen) atoms. The Bertz CT molecular complexity index is 618. The van der Waals surface area contributed by atoms with E-state index >= 15 is 0 Å². The number of ether oxygens (including phenoxy) is 1. The minimum absolute atomic E-state index is 0.0936. The van der Waals surface area contributed by atoms with E-state index in [-0.39, 0.29) is 11.3 Å². The number of aryl methyl sites for hydroxylation is 1. The van der Waals surface area contributed by atoms with Gasteiger partial charge >= 0.3 is 5.97 Å². The van der Waals surface area contributed by atoms with Gasteiger partial charge in [-0.05, 0) is 37.3 Å². The molecule has 2 aromatic rings. The lowest BCUT2D eigenvalue weighted by Crippen LogP contribution is -2.00. The number of halogens is 2. The van der Waals surface area contributed by atoms with E-state index in [0.29, 0.717) is 15.8 Å². The molecule has 0 unspecified atom stereocenters. The third-order valence-corrected chi connectivity index (χ3v) is 2.87. The molecule has 0 aromatic heterocycles. The van der Waals surface area contributed by atoms with Crippen molar-refractivity contribution in [3.8, 4) is 11.5 Å². The van der Waals surface area contributed by atoms with Gasteiger partial charge in [-0.25, -0.2) is 4.79 Å². The topological polar surface area (TPSA) is 46.5 Å². The normalized spacial score (nSPS) is 10.3. The number of carboxylic acids is 1. The highest BCUT2D eigenvalue weighted by Gasteiger charge is 2.12. The lowest BCUT2D eigenvalue weighted by atomic mass is 10.1. The van der Waals surface area contributed by atoms with Crippen molar-refractivity contribution in [2.75, 3.05) is 0 Å². The maximum atomic E-state index is 11.2. The third kappa shape index (κ3) is 3.40. The first kappa shape index (κ1) is 13.7. The molecule has 0 aliphatic carbocycles. The van der Waals surface area contributed by atoms with Crippen LogP contribution in [0.3, 0.4) is 0 Å². The van der Waals surface area contributed by atoms with Gasteiger partial charge in [0.25, 0.3) is 0 Å². The predicted molar refractivity (Wildman–Crippen MR) is 74.7 cm³/mol. The Labute approximate surface area is 120 Å². The van der Waals surface area contributed by atoms with E-state index in [1.807, 2.05) is 6.92 Å². The van der Waals surface area contributed by atoms with Gasteiger partial charge in [0.15, 0.2) is 0 Å². The van der Waals surface area contributed by atoms with Crippen LogP contribution >= 0.6 is 23.2 Å². The van der Waals surface area contributed by atoms with Crippen molar-refractivity contribution in [2.24, 2.45) is 0 Å². The van der Waals surface area contributed by atoms with Crippen LogP contribution in [0, 0.1) is 6.92 Å². The van der Waals surface area contributed by atoms with Gasteiger partial charge in [-0.15, -0.1) is 0 Å². The molecule has 0 atom stereocenters. The second kappa shape index (κ2) is 5.51. The molecule has 0 bridgehead atoms. The molecular formula is C14H10Cl2O3. The van der Waals surface area contributed by atoms with E-state index in [4.69, 9.17) is 33.0 Å². The van der Waals surface area contributed by atoms with Crippen LogP contribution in [0.4, 0.5) is 0 Å². The van der Waals surface area contributed by atoms with E-state index in [1.54, 1.807) is 36.4 Å². The second-order valence-electron chi connectivity index (χ2n) is 4.01. The van der Waals surface area contributed by atoms with Crippen LogP contribution in [0.1, 0.15) is 15.9 Å². The molecule has 0 aliphatic rings. The Morgan fingerprint density at radius 1 is 1.11 bits per heavy atom. The van der Waals surface area contributed by atoms with Crippen molar-refractivity contribution in [2.45, 2.75) is 6.92 Å². The molecule has 2 aromatic carbocycles. The van der Waals surface area contributed by atoms with Crippen LogP contribution in [0.15, 0.2) is 36.4 Å². The smallest absolute Gasteiger partial charge is 0.339 e. The summed E-state index contributed by atoms with van der Waals surface area (Å²) in [4.78, 5) is 11.2. The molecule has 98 valence electrons. The third-order valence-electron chi connectivity index (χ3n) is 2.43.